The van der Waals surface area contributed by atoms with Crippen LogP contribution in [0.3, 0.4) is 0 Å². The number of methoxy groups -OCH3 is 2. The summed E-state index contributed by atoms with van der Waals surface area (Å²) in [5.74, 6) is 1.04. The van der Waals surface area contributed by atoms with Crippen molar-refractivity contribution in [1.82, 2.24) is 0 Å². The first kappa shape index (κ1) is 9.44. The average molecular weight is 280 g/mol. The summed E-state index contributed by atoms with van der Waals surface area (Å²) in [7, 11) is 3.03. The van der Waals surface area contributed by atoms with Crippen LogP contribution in [0.25, 0.3) is 0 Å². The minimum absolute atomic E-state index is 0.0924. The van der Waals surface area contributed by atoms with Crippen molar-refractivity contribution in [3.8, 4) is 17.2 Å². The van der Waals surface area contributed by atoms with Gasteiger partial charge in [0.2, 0.25) is 5.75 Å². The maximum Gasteiger partial charge on any atom is 0.204 e. The number of ether oxygens (including phenoxy) is 2. The first-order chi connectivity index (χ1) is 5.70. The Morgan fingerprint density at radius 1 is 1.17 bits per heavy atom. The van der Waals surface area contributed by atoms with Crippen LogP contribution in [0.15, 0.2) is 12.1 Å². The molecule has 0 aliphatic rings. The van der Waals surface area contributed by atoms with Gasteiger partial charge in [-0.05, 0) is 34.7 Å². The summed E-state index contributed by atoms with van der Waals surface area (Å²) in [6.45, 7) is 0. The summed E-state index contributed by atoms with van der Waals surface area (Å²) in [4.78, 5) is 0. The van der Waals surface area contributed by atoms with E-state index in [4.69, 9.17) is 9.47 Å². The van der Waals surface area contributed by atoms with Gasteiger partial charge < -0.3 is 14.6 Å². The van der Waals surface area contributed by atoms with E-state index >= 15 is 0 Å². The summed E-state index contributed by atoms with van der Waals surface area (Å²) >= 11 is 2.11. The van der Waals surface area contributed by atoms with Gasteiger partial charge in [-0.3, -0.25) is 0 Å². The molecular weight excluding hydrogens is 271 g/mol. The van der Waals surface area contributed by atoms with Gasteiger partial charge in [-0.1, -0.05) is 0 Å². The highest BCUT2D eigenvalue weighted by Gasteiger charge is 2.11. The molecule has 0 saturated heterocycles. The van der Waals surface area contributed by atoms with Crippen LogP contribution in [0, 0.1) is 3.57 Å². The monoisotopic (exact) mass is 280 g/mol. The third kappa shape index (κ3) is 1.57. The number of rotatable bonds is 2. The second kappa shape index (κ2) is 3.84. The van der Waals surface area contributed by atoms with Crippen molar-refractivity contribution in [2.24, 2.45) is 0 Å². The third-order valence-electron chi connectivity index (χ3n) is 1.45. The Balaban J connectivity index is 3.28. The van der Waals surface area contributed by atoms with Gasteiger partial charge >= 0.3 is 0 Å². The van der Waals surface area contributed by atoms with E-state index in [9.17, 15) is 5.11 Å². The summed E-state index contributed by atoms with van der Waals surface area (Å²) in [6, 6.07) is 3.33. The van der Waals surface area contributed by atoms with E-state index < -0.39 is 0 Å². The van der Waals surface area contributed by atoms with Gasteiger partial charge in [-0.15, -0.1) is 0 Å². The van der Waals surface area contributed by atoms with Crippen molar-refractivity contribution in [3.63, 3.8) is 0 Å². The predicted molar refractivity (Wildman–Crippen MR) is 53.9 cm³/mol. The number of phenols is 1. The van der Waals surface area contributed by atoms with Crippen molar-refractivity contribution in [3.05, 3.63) is 15.7 Å². The van der Waals surface area contributed by atoms with E-state index in [-0.39, 0.29) is 5.75 Å². The molecular formula is C8H9IO3. The number of hydrogen-bond donors (Lipinski definition) is 1. The Bertz CT molecular complexity index is 257. The molecule has 0 saturated carbocycles. The molecule has 0 spiro atoms. The molecule has 1 N–H and O–H groups in total. The lowest BCUT2D eigenvalue weighted by Gasteiger charge is -2.09. The van der Waals surface area contributed by atoms with E-state index in [1.807, 2.05) is 0 Å². The van der Waals surface area contributed by atoms with Gasteiger partial charge in [-0.25, -0.2) is 0 Å². The van der Waals surface area contributed by atoms with Gasteiger partial charge in [0.15, 0.2) is 11.5 Å². The quantitative estimate of drug-likeness (QED) is 0.842. The predicted octanol–water partition coefficient (Wildman–Crippen LogP) is 2.01. The lowest BCUT2D eigenvalue weighted by atomic mass is 10.3. The van der Waals surface area contributed by atoms with Crippen molar-refractivity contribution in [1.29, 1.82) is 0 Å². The minimum atomic E-state index is 0.0924. The van der Waals surface area contributed by atoms with Gasteiger partial charge in [0.25, 0.3) is 0 Å². The Labute approximate surface area is 84.4 Å². The number of aromatic hydroxyl groups is 1. The summed E-state index contributed by atoms with van der Waals surface area (Å²) < 4.78 is 10.9. The molecule has 0 aliphatic heterocycles. The van der Waals surface area contributed by atoms with Crippen LogP contribution < -0.4 is 9.47 Å². The molecule has 0 heterocycles. The fourth-order valence-electron chi connectivity index (χ4n) is 0.916. The fraction of sp³-hybridized carbons (Fsp3) is 0.250. The van der Waals surface area contributed by atoms with Crippen molar-refractivity contribution >= 4 is 22.6 Å². The molecule has 1 rings (SSSR count). The molecule has 0 radical (unpaired) electrons. The second-order valence-corrected chi connectivity index (χ2v) is 3.30. The van der Waals surface area contributed by atoms with Crippen LogP contribution in [0.5, 0.6) is 17.2 Å². The molecule has 0 bridgehead atoms. The van der Waals surface area contributed by atoms with Crippen molar-refractivity contribution in [2.75, 3.05) is 14.2 Å². The molecule has 0 amide bonds. The zero-order chi connectivity index (χ0) is 9.14. The zero-order valence-electron chi connectivity index (χ0n) is 6.80. The summed E-state index contributed by atoms with van der Waals surface area (Å²) in [5, 5.41) is 9.34. The Morgan fingerprint density at radius 3 is 2.17 bits per heavy atom. The van der Waals surface area contributed by atoms with Crippen LogP contribution in [-0.2, 0) is 0 Å². The first-order valence-electron chi connectivity index (χ1n) is 3.30. The van der Waals surface area contributed by atoms with Gasteiger partial charge in [0.05, 0.1) is 17.8 Å². The highest BCUT2D eigenvalue weighted by atomic mass is 127. The Morgan fingerprint density at radius 2 is 1.75 bits per heavy atom. The summed E-state index contributed by atoms with van der Waals surface area (Å²) in [5.41, 5.74) is 0. The molecule has 3 nitrogen and oxygen atoms in total. The normalized spacial score (nSPS) is 9.58. The third-order valence-corrected chi connectivity index (χ3v) is 2.30. The fourth-order valence-corrected chi connectivity index (χ4v) is 1.56. The van der Waals surface area contributed by atoms with Gasteiger partial charge in [0, 0.05) is 0 Å². The van der Waals surface area contributed by atoms with Crippen molar-refractivity contribution < 1.29 is 14.6 Å². The highest BCUT2D eigenvalue weighted by Crippen LogP contribution is 2.39. The van der Waals surface area contributed by atoms with Gasteiger partial charge in [-0.2, -0.15) is 0 Å². The molecule has 0 fully saturated rings. The van der Waals surface area contributed by atoms with Crippen molar-refractivity contribution in [2.45, 2.75) is 0 Å². The minimum Gasteiger partial charge on any atom is -0.504 e. The molecule has 0 aromatic heterocycles. The molecule has 66 valence electrons. The maximum atomic E-state index is 9.34. The maximum absolute atomic E-state index is 9.34. The summed E-state index contributed by atoms with van der Waals surface area (Å²) in [6.07, 6.45) is 0. The lowest BCUT2D eigenvalue weighted by Crippen LogP contribution is -1.92. The molecule has 12 heavy (non-hydrogen) atoms. The molecule has 0 atom stereocenters. The number of hydrogen-bond acceptors (Lipinski definition) is 3. The lowest BCUT2D eigenvalue weighted by molar-refractivity contribution is 0.331. The Kier molecular flexibility index (Phi) is 3.02. The van der Waals surface area contributed by atoms with Gasteiger partial charge in [0.1, 0.15) is 0 Å². The molecule has 4 heteroatoms. The van der Waals surface area contributed by atoms with Crippen LogP contribution >= 0.6 is 22.6 Å². The van der Waals surface area contributed by atoms with Crippen LogP contribution in [0.2, 0.25) is 0 Å². The number of benzene rings is 1. The van der Waals surface area contributed by atoms with Crippen LogP contribution in [0.4, 0.5) is 0 Å². The number of halogens is 1. The van der Waals surface area contributed by atoms with Crippen LogP contribution in [-0.4, -0.2) is 19.3 Å². The molecule has 1 aromatic carbocycles. The average Bonchev–Trinajstić information content (AvgIpc) is 2.08. The molecule has 0 aliphatic carbocycles. The van der Waals surface area contributed by atoms with E-state index in [1.54, 1.807) is 19.2 Å². The smallest absolute Gasteiger partial charge is 0.204 e. The first-order valence-corrected chi connectivity index (χ1v) is 4.38. The SMILES string of the molecule is COc1c(O)ccc(I)c1OC. The number of phenolic OH excluding ortho intramolecular Hbond substituents is 1. The van der Waals surface area contributed by atoms with E-state index in [1.165, 1.54) is 7.11 Å². The van der Waals surface area contributed by atoms with Crippen LogP contribution in [0.1, 0.15) is 0 Å². The highest BCUT2D eigenvalue weighted by molar-refractivity contribution is 14.1. The van der Waals surface area contributed by atoms with E-state index in [2.05, 4.69) is 22.6 Å². The largest absolute Gasteiger partial charge is 0.504 e. The Hall–Kier alpha value is -0.650. The second-order valence-electron chi connectivity index (χ2n) is 2.13. The van der Waals surface area contributed by atoms with E-state index in [0.717, 1.165) is 3.57 Å². The standard InChI is InChI=1S/C8H9IO3/c1-11-7-5(9)3-4-6(10)8(7)12-2/h3-4,10H,1-2H3. The van der Waals surface area contributed by atoms with E-state index in [0.29, 0.717) is 11.5 Å². The topological polar surface area (TPSA) is 38.7 Å². The zero-order valence-corrected chi connectivity index (χ0v) is 8.95. The molecule has 1 aromatic rings. The molecule has 0 unspecified atom stereocenters.